The second-order valence-corrected chi connectivity index (χ2v) is 6.31. The number of hydrogen-bond donors (Lipinski definition) is 3. The molecule has 22 heavy (non-hydrogen) atoms. The van der Waals surface area contributed by atoms with E-state index >= 15 is 0 Å². The summed E-state index contributed by atoms with van der Waals surface area (Å²) >= 11 is 5.86. The fourth-order valence-corrected chi connectivity index (χ4v) is 2.46. The maximum Gasteiger partial charge on any atom is 0.315 e. The van der Waals surface area contributed by atoms with E-state index in [-0.39, 0.29) is 30.4 Å². The molecule has 0 aromatic heterocycles. The molecule has 120 valence electrons. The second-order valence-electron chi connectivity index (χ2n) is 5.87. The van der Waals surface area contributed by atoms with Gasteiger partial charge in [-0.1, -0.05) is 23.7 Å². The van der Waals surface area contributed by atoms with E-state index in [1.54, 1.807) is 0 Å². The van der Waals surface area contributed by atoms with Gasteiger partial charge in [0.2, 0.25) is 5.91 Å². The van der Waals surface area contributed by atoms with Crippen molar-refractivity contribution in [2.45, 2.75) is 44.7 Å². The summed E-state index contributed by atoms with van der Waals surface area (Å²) in [4.78, 5) is 23.2. The SMILES string of the molecule is CC(C)NC(=O)CCNC(=O)N[C@@H]1C[C@@H]1c1ccc(Cl)cc1. The molecule has 1 aliphatic carbocycles. The lowest BCUT2D eigenvalue weighted by molar-refractivity contribution is -0.121. The maximum atomic E-state index is 11.8. The van der Waals surface area contributed by atoms with Crippen molar-refractivity contribution in [3.63, 3.8) is 0 Å². The average molecular weight is 324 g/mol. The van der Waals surface area contributed by atoms with Gasteiger partial charge in [0.25, 0.3) is 0 Å². The Morgan fingerprint density at radius 1 is 1.27 bits per heavy atom. The predicted octanol–water partition coefficient (Wildman–Crippen LogP) is 2.41. The molecule has 1 saturated carbocycles. The first kappa shape index (κ1) is 16.6. The Kier molecular flexibility index (Phi) is 5.66. The highest BCUT2D eigenvalue weighted by molar-refractivity contribution is 6.30. The zero-order chi connectivity index (χ0) is 16.1. The van der Waals surface area contributed by atoms with Crippen molar-refractivity contribution in [2.75, 3.05) is 6.54 Å². The largest absolute Gasteiger partial charge is 0.354 e. The summed E-state index contributed by atoms with van der Waals surface area (Å²) in [5.74, 6) is 0.299. The summed E-state index contributed by atoms with van der Waals surface area (Å²) in [5, 5.41) is 9.12. The van der Waals surface area contributed by atoms with Crippen LogP contribution in [-0.4, -0.2) is 30.6 Å². The summed E-state index contributed by atoms with van der Waals surface area (Å²) < 4.78 is 0. The third kappa shape index (κ3) is 5.22. The Bertz CT molecular complexity index is 531. The highest BCUT2D eigenvalue weighted by Gasteiger charge is 2.39. The molecule has 1 aliphatic rings. The van der Waals surface area contributed by atoms with Gasteiger partial charge in [-0.25, -0.2) is 4.79 Å². The van der Waals surface area contributed by atoms with Crippen LogP contribution in [0.4, 0.5) is 4.79 Å². The molecular formula is C16H22ClN3O2. The molecule has 0 spiro atoms. The van der Waals surface area contributed by atoms with Gasteiger partial charge in [0.1, 0.15) is 0 Å². The minimum Gasteiger partial charge on any atom is -0.354 e. The number of carbonyl (C=O) groups excluding carboxylic acids is 2. The molecule has 0 aliphatic heterocycles. The van der Waals surface area contributed by atoms with Crippen molar-refractivity contribution in [1.82, 2.24) is 16.0 Å². The second kappa shape index (κ2) is 7.49. The van der Waals surface area contributed by atoms with Crippen molar-refractivity contribution in [1.29, 1.82) is 0 Å². The van der Waals surface area contributed by atoms with Gasteiger partial charge < -0.3 is 16.0 Å². The molecular weight excluding hydrogens is 302 g/mol. The molecule has 6 heteroatoms. The molecule has 3 N–H and O–H groups in total. The minimum absolute atomic E-state index is 0.0548. The number of hydrogen-bond acceptors (Lipinski definition) is 2. The highest BCUT2D eigenvalue weighted by atomic mass is 35.5. The van der Waals surface area contributed by atoms with Gasteiger partial charge in [-0.15, -0.1) is 0 Å². The molecule has 1 aromatic carbocycles. The van der Waals surface area contributed by atoms with E-state index in [4.69, 9.17) is 11.6 Å². The van der Waals surface area contributed by atoms with Gasteiger partial charge in [0, 0.05) is 36.0 Å². The molecule has 0 unspecified atom stereocenters. The van der Waals surface area contributed by atoms with Crippen LogP contribution in [0.5, 0.6) is 0 Å². The van der Waals surface area contributed by atoms with E-state index in [1.165, 1.54) is 5.56 Å². The molecule has 0 bridgehead atoms. The first-order valence-electron chi connectivity index (χ1n) is 7.55. The van der Waals surface area contributed by atoms with Crippen LogP contribution in [0.25, 0.3) is 0 Å². The zero-order valence-electron chi connectivity index (χ0n) is 12.9. The van der Waals surface area contributed by atoms with Gasteiger partial charge in [0.15, 0.2) is 0 Å². The lowest BCUT2D eigenvalue weighted by Gasteiger charge is -2.09. The Hall–Kier alpha value is -1.75. The Balaban J connectivity index is 1.65. The van der Waals surface area contributed by atoms with Crippen LogP contribution in [0.2, 0.25) is 5.02 Å². The number of amides is 3. The van der Waals surface area contributed by atoms with Gasteiger partial charge >= 0.3 is 6.03 Å². The van der Waals surface area contributed by atoms with Gasteiger partial charge in [-0.2, -0.15) is 0 Å². The van der Waals surface area contributed by atoms with Crippen LogP contribution < -0.4 is 16.0 Å². The van der Waals surface area contributed by atoms with Crippen LogP contribution in [0.1, 0.15) is 38.2 Å². The zero-order valence-corrected chi connectivity index (χ0v) is 13.6. The topological polar surface area (TPSA) is 70.2 Å². The van der Waals surface area contributed by atoms with Crippen LogP contribution in [-0.2, 0) is 4.79 Å². The number of benzene rings is 1. The van der Waals surface area contributed by atoms with E-state index in [0.717, 1.165) is 6.42 Å². The molecule has 0 saturated heterocycles. The summed E-state index contributed by atoms with van der Waals surface area (Å²) in [6, 6.07) is 7.75. The lowest BCUT2D eigenvalue weighted by Crippen LogP contribution is -2.40. The third-order valence-electron chi connectivity index (χ3n) is 3.49. The standard InChI is InChI=1S/C16H22ClN3O2/c1-10(2)19-15(21)7-8-18-16(22)20-14-9-13(14)11-3-5-12(17)6-4-11/h3-6,10,13-14H,7-9H2,1-2H3,(H,19,21)(H2,18,20,22)/t13-,14-/m1/s1. The number of halogens is 1. The molecule has 2 atom stereocenters. The first-order chi connectivity index (χ1) is 10.5. The summed E-state index contributed by atoms with van der Waals surface area (Å²) in [7, 11) is 0. The van der Waals surface area contributed by atoms with Gasteiger partial charge in [-0.3, -0.25) is 4.79 Å². The smallest absolute Gasteiger partial charge is 0.315 e. The van der Waals surface area contributed by atoms with E-state index < -0.39 is 0 Å². The van der Waals surface area contributed by atoms with Crippen LogP contribution >= 0.6 is 11.6 Å². The number of carbonyl (C=O) groups is 2. The molecule has 5 nitrogen and oxygen atoms in total. The fourth-order valence-electron chi connectivity index (χ4n) is 2.34. The predicted molar refractivity (Wildman–Crippen MR) is 87.0 cm³/mol. The molecule has 1 aromatic rings. The maximum absolute atomic E-state index is 11.8. The van der Waals surface area contributed by atoms with Crippen LogP contribution in [0.3, 0.4) is 0 Å². The Morgan fingerprint density at radius 2 is 1.95 bits per heavy atom. The quantitative estimate of drug-likeness (QED) is 0.752. The normalized spacial score (nSPS) is 19.6. The van der Waals surface area contributed by atoms with Crippen molar-refractivity contribution < 1.29 is 9.59 Å². The monoisotopic (exact) mass is 323 g/mol. The summed E-state index contributed by atoms with van der Waals surface area (Å²) in [5.41, 5.74) is 1.19. The average Bonchev–Trinajstić information content (AvgIpc) is 3.17. The van der Waals surface area contributed by atoms with Crippen LogP contribution in [0.15, 0.2) is 24.3 Å². The molecule has 1 fully saturated rings. The van der Waals surface area contributed by atoms with E-state index in [1.807, 2.05) is 38.1 Å². The fraction of sp³-hybridized carbons (Fsp3) is 0.500. The lowest BCUT2D eigenvalue weighted by atomic mass is 10.1. The van der Waals surface area contributed by atoms with Crippen LogP contribution in [0, 0.1) is 0 Å². The van der Waals surface area contributed by atoms with E-state index in [9.17, 15) is 9.59 Å². The summed E-state index contributed by atoms with van der Waals surface area (Å²) in [6.07, 6.45) is 1.22. The number of rotatable bonds is 6. The van der Waals surface area contributed by atoms with E-state index in [2.05, 4.69) is 16.0 Å². The van der Waals surface area contributed by atoms with Gasteiger partial charge in [-0.05, 0) is 38.0 Å². The number of urea groups is 1. The number of nitrogens with one attached hydrogen (secondary N) is 3. The van der Waals surface area contributed by atoms with Crippen molar-refractivity contribution >= 4 is 23.5 Å². The molecule has 2 rings (SSSR count). The molecule has 0 radical (unpaired) electrons. The first-order valence-corrected chi connectivity index (χ1v) is 7.92. The molecule has 0 heterocycles. The summed E-state index contributed by atoms with van der Waals surface area (Å²) in [6.45, 7) is 4.15. The van der Waals surface area contributed by atoms with Crippen molar-refractivity contribution in [2.24, 2.45) is 0 Å². The molecule has 3 amide bonds. The third-order valence-corrected chi connectivity index (χ3v) is 3.74. The Labute approximate surface area is 135 Å². The van der Waals surface area contributed by atoms with Gasteiger partial charge in [0.05, 0.1) is 0 Å². The van der Waals surface area contributed by atoms with Crippen molar-refractivity contribution in [3.8, 4) is 0 Å². The highest BCUT2D eigenvalue weighted by Crippen LogP contribution is 2.40. The minimum atomic E-state index is -0.223. The van der Waals surface area contributed by atoms with Crippen molar-refractivity contribution in [3.05, 3.63) is 34.9 Å². The Morgan fingerprint density at radius 3 is 2.59 bits per heavy atom. The van der Waals surface area contributed by atoms with E-state index in [0.29, 0.717) is 17.5 Å².